The molecule has 0 aromatic heterocycles. The summed E-state index contributed by atoms with van der Waals surface area (Å²) >= 11 is 0. The summed E-state index contributed by atoms with van der Waals surface area (Å²) in [5.74, 6) is 0.488. The number of carbonyl (C=O) groups excluding carboxylic acids is 4. The van der Waals surface area contributed by atoms with Crippen molar-refractivity contribution in [2.45, 2.75) is 32.1 Å². The Balaban J connectivity index is 1.38. The average Bonchev–Trinajstić information content (AvgIpc) is 3.35. The summed E-state index contributed by atoms with van der Waals surface area (Å²) in [4.78, 5) is 55.6. The molecule has 0 aliphatic carbocycles. The number of cyclic esters (lactones) is 1. The van der Waals surface area contributed by atoms with Crippen molar-refractivity contribution in [3.63, 3.8) is 0 Å². The second kappa shape index (κ2) is 12.5. The van der Waals surface area contributed by atoms with Crippen molar-refractivity contribution in [3.05, 3.63) is 53.6 Å². The molecule has 4 bridgehead atoms. The first kappa shape index (κ1) is 28.2. The minimum atomic E-state index is -0.519. The lowest BCUT2D eigenvalue weighted by Gasteiger charge is -2.39. The summed E-state index contributed by atoms with van der Waals surface area (Å²) in [6, 6.07) is 11.9. The summed E-state index contributed by atoms with van der Waals surface area (Å²) in [7, 11) is 1.54. The highest BCUT2D eigenvalue weighted by atomic mass is 16.6. The number of piperidine rings is 1. The number of rotatable bonds is 4. The second-order valence-electron chi connectivity index (χ2n) is 10.2. The molecule has 2 saturated heterocycles. The average molecular weight is 567 g/mol. The van der Waals surface area contributed by atoms with Gasteiger partial charge in [-0.3, -0.25) is 19.3 Å². The largest absolute Gasteiger partial charge is 0.494 e. The van der Waals surface area contributed by atoms with Crippen LogP contribution in [0, 0.1) is 0 Å². The van der Waals surface area contributed by atoms with Gasteiger partial charge in [0, 0.05) is 31.8 Å². The number of hydrogen-bond donors (Lipinski definition) is 1. The van der Waals surface area contributed by atoms with E-state index in [9.17, 15) is 19.2 Å². The molecule has 5 rings (SSSR count). The molecule has 218 valence electrons. The molecule has 12 heteroatoms. The van der Waals surface area contributed by atoms with Crippen LogP contribution in [0.4, 0.5) is 4.79 Å². The summed E-state index contributed by atoms with van der Waals surface area (Å²) in [5.41, 5.74) is 1.18. The first-order chi connectivity index (χ1) is 19.8. The Morgan fingerprint density at radius 2 is 1.95 bits per heavy atom. The van der Waals surface area contributed by atoms with Gasteiger partial charge in [-0.15, -0.1) is 0 Å². The van der Waals surface area contributed by atoms with E-state index >= 15 is 0 Å². The van der Waals surface area contributed by atoms with E-state index in [4.69, 9.17) is 18.9 Å². The molecule has 12 nitrogen and oxygen atoms in total. The highest BCUT2D eigenvalue weighted by molar-refractivity contribution is 5.97. The van der Waals surface area contributed by atoms with Crippen LogP contribution in [0.1, 0.15) is 29.3 Å². The van der Waals surface area contributed by atoms with Crippen LogP contribution in [0.25, 0.3) is 0 Å². The molecular weight excluding hydrogens is 532 g/mol. The summed E-state index contributed by atoms with van der Waals surface area (Å²) in [5, 5.41) is 2.98. The van der Waals surface area contributed by atoms with E-state index in [1.165, 1.54) is 9.80 Å². The van der Waals surface area contributed by atoms with E-state index < -0.39 is 12.1 Å². The van der Waals surface area contributed by atoms with E-state index in [0.717, 1.165) is 5.56 Å². The molecule has 3 aliphatic rings. The molecule has 41 heavy (non-hydrogen) atoms. The number of fused-ring (bicyclic) bond motifs is 5. The molecule has 2 aromatic rings. The number of benzene rings is 2. The van der Waals surface area contributed by atoms with Crippen LogP contribution < -0.4 is 14.8 Å². The fourth-order valence-electron chi connectivity index (χ4n) is 5.13. The van der Waals surface area contributed by atoms with Gasteiger partial charge < -0.3 is 34.1 Å². The predicted molar refractivity (Wildman–Crippen MR) is 146 cm³/mol. The SMILES string of the molecule is CCOc1cc2cc(c1)C(=O)N(C)CC(=O)N[C@H]1CN(C(=O)CN3CCOC3=O)CC[C@H]1OCc1cccc(c1)O2. The van der Waals surface area contributed by atoms with Gasteiger partial charge in [-0.2, -0.15) is 0 Å². The van der Waals surface area contributed by atoms with Crippen LogP contribution in [-0.4, -0.2) is 104 Å². The van der Waals surface area contributed by atoms with Crippen molar-refractivity contribution in [2.24, 2.45) is 0 Å². The third-order valence-electron chi connectivity index (χ3n) is 7.18. The zero-order valence-corrected chi connectivity index (χ0v) is 23.2. The van der Waals surface area contributed by atoms with Gasteiger partial charge in [0.2, 0.25) is 11.8 Å². The van der Waals surface area contributed by atoms with Gasteiger partial charge in [-0.1, -0.05) is 12.1 Å². The number of carbonyl (C=O) groups is 4. The third-order valence-corrected chi connectivity index (χ3v) is 7.18. The monoisotopic (exact) mass is 566 g/mol. The molecular formula is C29H34N4O8. The van der Waals surface area contributed by atoms with Gasteiger partial charge in [-0.25, -0.2) is 4.79 Å². The minimum absolute atomic E-state index is 0.0855. The minimum Gasteiger partial charge on any atom is -0.494 e. The number of nitrogens with zero attached hydrogens (tertiary/aromatic N) is 3. The Morgan fingerprint density at radius 3 is 2.73 bits per heavy atom. The Morgan fingerprint density at radius 1 is 1.10 bits per heavy atom. The van der Waals surface area contributed by atoms with E-state index in [2.05, 4.69) is 5.32 Å². The van der Waals surface area contributed by atoms with Crippen molar-refractivity contribution in [1.82, 2.24) is 20.0 Å². The van der Waals surface area contributed by atoms with E-state index in [1.54, 1.807) is 30.1 Å². The highest BCUT2D eigenvalue weighted by Gasteiger charge is 2.35. The van der Waals surface area contributed by atoms with Crippen molar-refractivity contribution in [2.75, 3.05) is 53.0 Å². The third kappa shape index (κ3) is 6.88. The molecule has 2 fully saturated rings. The molecule has 3 aliphatic heterocycles. The number of amides is 4. The number of hydrogen-bond acceptors (Lipinski definition) is 8. The molecule has 4 amide bonds. The highest BCUT2D eigenvalue weighted by Crippen LogP contribution is 2.29. The second-order valence-corrected chi connectivity index (χ2v) is 10.2. The molecule has 1 N–H and O–H groups in total. The maximum Gasteiger partial charge on any atom is 0.410 e. The smallest absolute Gasteiger partial charge is 0.410 e. The molecule has 2 aromatic carbocycles. The summed E-state index contributed by atoms with van der Waals surface area (Å²) < 4.78 is 22.9. The molecule has 0 unspecified atom stereocenters. The number of likely N-dealkylation sites (tertiary alicyclic amines) is 1. The fraction of sp³-hybridized carbons (Fsp3) is 0.448. The standard InChI is InChI=1S/C29H34N4O8/c1-3-38-22-12-20-13-23(14-22)41-21-6-4-5-19(11-21)18-40-25-7-8-32(27(35)17-33-9-10-39-29(33)37)15-24(25)30-26(34)16-31(2)28(20)36/h4-6,11-14,24-25H,3,7-10,15-18H2,1-2H3,(H,30,34)/t24-,25+/m0/s1. The summed E-state index contributed by atoms with van der Waals surface area (Å²) in [6.45, 7) is 3.48. The molecule has 0 saturated carbocycles. The van der Waals surface area contributed by atoms with E-state index in [1.807, 2.05) is 31.2 Å². The lowest BCUT2D eigenvalue weighted by atomic mass is 10.0. The van der Waals surface area contributed by atoms with Crippen LogP contribution in [-0.2, 0) is 25.7 Å². The molecule has 0 radical (unpaired) electrons. The number of likely N-dealkylation sites (N-methyl/N-ethyl adjacent to an activating group) is 1. The van der Waals surface area contributed by atoms with Crippen LogP contribution in [0.3, 0.4) is 0 Å². The van der Waals surface area contributed by atoms with Gasteiger partial charge in [-0.05, 0) is 43.2 Å². The van der Waals surface area contributed by atoms with Gasteiger partial charge in [0.15, 0.2) is 0 Å². The first-order valence-electron chi connectivity index (χ1n) is 13.7. The number of nitrogens with one attached hydrogen (secondary N) is 1. The first-order valence-corrected chi connectivity index (χ1v) is 13.7. The van der Waals surface area contributed by atoms with Crippen LogP contribution in [0.15, 0.2) is 42.5 Å². The van der Waals surface area contributed by atoms with E-state index in [0.29, 0.717) is 48.9 Å². The Hall–Kier alpha value is -4.32. The van der Waals surface area contributed by atoms with E-state index in [-0.39, 0.29) is 56.7 Å². The van der Waals surface area contributed by atoms with Crippen LogP contribution >= 0.6 is 0 Å². The van der Waals surface area contributed by atoms with Crippen LogP contribution in [0.5, 0.6) is 17.2 Å². The van der Waals surface area contributed by atoms with Gasteiger partial charge in [0.1, 0.15) is 30.4 Å². The lowest BCUT2D eigenvalue weighted by molar-refractivity contribution is -0.137. The summed E-state index contributed by atoms with van der Waals surface area (Å²) in [6.07, 6.45) is -0.399. The zero-order chi connectivity index (χ0) is 28.9. The predicted octanol–water partition coefficient (Wildman–Crippen LogP) is 2.02. The van der Waals surface area contributed by atoms with Gasteiger partial charge >= 0.3 is 6.09 Å². The molecule has 2 atom stereocenters. The van der Waals surface area contributed by atoms with Crippen molar-refractivity contribution >= 4 is 23.8 Å². The maximum absolute atomic E-state index is 13.3. The van der Waals surface area contributed by atoms with Crippen molar-refractivity contribution < 1.29 is 38.1 Å². The molecule has 3 heterocycles. The number of ether oxygens (including phenoxy) is 4. The Kier molecular flexibility index (Phi) is 8.58. The van der Waals surface area contributed by atoms with Crippen molar-refractivity contribution in [3.8, 4) is 17.2 Å². The zero-order valence-electron chi connectivity index (χ0n) is 23.2. The quantitative estimate of drug-likeness (QED) is 0.596. The molecule has 0 spiro atoms. The Labute approximate surface area is 238 Å². The maximum atomic E-state index is 13.3. The fourth-order valence-corrected chi connectivity index (χ4v) is 5.13. The Bertz CT molecular complexity index is 1320. The van der Waals surface area contributed by atoms with Crippen molar-refractivity contribution in [1.29, 1.82) is 0 Å². The lowest BCUT2D eigenvalue weighted by Crippen LogP contribution is -2.59. The normalized spacial score (nSPS) is 21.5. The van der Waals surface area contributed by atoms with Gasteiger partial charge in [0.25, 0.3) is 5.91 Å². The van der Waals surface area contributed by atoms with Crippen LogP contribution in [0.2, 0.25) is 0 Å². The van der Waals surface area contributed by atoms with Gasteiger partial charge in [0.05, 0.1) is 38.4 Å². The topological polar surface area (TPSA) is 127 Å².